The molecule has 0 saturated heterocycles. The summed E-state index contributed by atoms with van der Waals surface area (Å²) >= 11 is 5.90. The van der Waals surface area contributed by atoms with Crippen LogP contribution < -0.4 is 5.32 Å². The molecular formula is C19H21ClN6O. The molecule has 2 N–H and O–H groups in total. The molecule has 1 fully saturated rings. The lowest BCUT2D eigenvalue weighted by Gasteiger charge is -2.25. The van der Waals surface area contributed by atoms with Crippen LogP contribution in [0.2, 0.25) is 5.02 Å². The third-order valence-electron chi connectivity index (χ3n) is 5.01. The number of amides is 1. The number of aromatic amines is 1. The molecule has 0 radical (unpaired) electrons. The lowest BCUT2D eigenvalue weighted by atomic mass is 9.80. The minimum absolute atomic E-state index is 0.0886. The maximum Gasteiger partial charge on any atom is 0.269 e. The molecule has 1 aromatic carbocycles. The number of carbonyl (C=O) groups excluding carboxylic acids is 1. The van der Waals surface area contributed by atoms with Gasteiger partial charge in [-0.1, -0.05) is 18.0 Å². The molecule has 1 saturated carbocycles. The van der Waals surface area contributed by atoms with Gasteiger partial charge in [-0.2, -0.15) is 10.2 Å². The zero-order valence-corrected chi connectivity index (χ0v) is 15.8. The minimum atomic E-state index is -0.0886. The Morgan fingerprint density at radius 3 is 2.81 bits per heavy atom. The normalized spacial score (nSPS) is 14.1. The molecule has 2 heterocycles. The maximum absolute atomic E-state index is 12.6. The molecule has 7 nitrogen and oxygen atoms in total. The average molecular weight is 385 g/mol. The molecule has 4 rings (SSSR count). The van der Waals surface area contributed by atoms with Gasteiger partial charge in [0.1, 0.15) is 11.5 Å². The van der Waals surface area contributed by atoms with E-state index in [0.29, 0.717) is 35.4 Å². The number of rotatable bonds is 6. The highest BCUT2D eigenvalue weighted by Gasteiger charge is 2.27. The Balaban J connectivity index is 1.36. The summed E-state index contributed by atoms with van der Waals surface area (Å²) in [6, 6.07) is 7.37. The first-order valence-electron chi connectivity index (χ1n) is 9.09. The Morgan fingerprint density at radius 1 is 1.33 bits per heavy atom. The van der Waals surface area contributed by atoms with E-state index in [4.69, 9.17) is 11.6 Å². The number of nitrogens with zero attached hydrogens (tertiary/aromatic N) is 4. The molecule has 0 spiro atoms. The first-order chi connectivity index (χ1) is 13.1. The van der Waals surface area contributed by atoms with Crippen molar-refractivity contribution >= 4 is 17.5 Å². The first-order valence-corrected chi connectivity index (χ1v) is 9.47. The van der Waals surface area contributed by atoms with Crippen molar-refractivity contribution in [2.45, 2.75) is 31.6 Å². The highest BCUT2D eigenvalue weighted by atomic mass is 35.5. The second kappa shape index (κ2) is 7.52. The quantitative estimate of drug-likeness (QED) is 0.683. The smallest absolute Gasteiger partial charge is 0.269 e. The van der Waals surface area contributed by atoms with E-state index in [1.54, 1.807) is 16.8 Å². The zero-order valence-electron chi connectivity index (χ0n) is 15.1. The van der Waals surface area contributed by atoms with E-state index < -0.39 is 0 Å². The average Bonchev–Trinajstić information content (AvgIpc) is 3.21. The summed E-state index contributed by atoms with van der Waals surface area (Å²) in [6.07, 6.45) is 5.90. The van der Waals surface area contributed by atoms with E-state index in [-0.39, 0.29) is 5.91 Å². The van der Waals surface area contributed by atoms with Gasteiger partial charge in [0.2, 0.25) is 0 Å². The molecule has 0 bridgehead atoms. The predicted molar refractivity (Wildman–Crippen MR) is 103 cm³/mol. The van der Waals surface area contributed by atoms with Crippen LogP contribution in [-0.4, -0.2) is 37.4 Å². The molecule has 3 aromatic rings. The summed E-state index contributed by atoms with van der Waals surface area (Å²) in [7, 11) is 1.81. The number of H-pyrrole nitrogens is 1. The Bertz CT molecular complexity index is 942. The van der Waals surface area contributed by atoms with Gasteiger partial charge < -0.3 is 5.32 Å². The summed E-state index contributed by atoms with van der Waals surface area (Å²) in [5.41, 5.74) is 2.62. The number of hydrogen-bond acceptors (Lipinski definition) is 4. The number of benzene rings is 1. The van der Waals surface area contributed by atoms with Crippen molar-refractivity contribution in [1.29, 1.82) is 0 Å². The molecule has 140 valence electrons. The molecule has 2 aromatic heterocycles. The molecule has 0 atom stereocenters. The number of nitrogens with one attached hydrogen (secondary N) is 2. The number of aryl methyl sites for hydroxylation is 1. The van der Waals surface area contributed by atoms with E-state index in [1.807, 2.05) is 25.4 Å². The van der Waals surface area contributed by atoms with Crippen LogP contribution >= 0.6 is 11.6 Å². The molecule has 0 aliphatic heterocycles. The summed E-state index contributed by atoms with van der Waals surface area (Å²) < 4.78 is 1.66. The van der Waals surface area contributed by atoms with E-state index in [1.165, 1.54) is 6.42 Å². The minimum Gasteiger partial charge on any atom is -0.350 e. The van der Waals surface area contributed by atoms with Gasteiger partial charge in [0.15, 0.2) is 5.82 Å². The van der Waals surface area contributed by atoms with Crippen molar-refractivity contribution < 1.29 is 4.79 Å². The second-order valence-corrected chi connectivity index (χ2v) is 7.25. The third kappa shape index (κ3) is 3.73. The van der Waals surface area contributed by atoms with Crippen molar-refractivity contribution in [2.24, 2.45) is 7.05 Å². The zero-order chi connectivity index (χ0) is 18.8. The van der Waals surface area contributed by atoms with E-state index in [0.717, 1.165) is 29.8 Å². The topological polar surface area (TPSA) is 88.5 Å². The number of aromatic nitrogens is 5. The van der Waals surface area contributed by atoms with Crippen molar-refractivity contribution in [3.63, 3.8) is 0 Å². The van der Waals surface area contributed by atoms with Gasteiger partial charge in [-0.05, 0) is 43.0 Å². The van der Waals surface area contributed by atoms with E-state index in [2.05, 4.69) is 25.6 Å². The highest BCUT2D eigenvalue weighted by molar-refractivity contribution is 6.30. The summed E-state index contributed by atoms with van der Waals surface area (Å²) in [5, 5.41) is 15.1. The van der Waals surface area contributed by atoms with Crippen molar-refractivity contribution in [3.8, 4) is 11.4 Å². The summed E-state index contributed by atoms with van der Waals surface area (Å²) in [5.74, 6) is 1.72. The van der Waals surface area contributed by atoms with Gasteiger partial charge in [0, 0.05) is 36.2 Å². The van der Waals surface area contributed by atoms with Crippen molar-refractivity contribution in [2.75, 3.05) is 6.54 Å². The van der Waals surface area contributed by atoms with Crippen LogP contribution in [0.4, 0.5) is 0 Å². The van der Waals surface area contributed by atoms with E-state index in [9.17, 15) is 4.79 Å². The van der Waals surface area contributed by atoms with Gasteiger partial charge in [-0.15, -0.1) is 0 Å². The van der Waals surface area contributed by atoms with Crippen LogP contribution in [0.15, 0.2) is 30.5 Å². The maximum atomic E-state index is 12.6. The van der Waals surface area contributed by atoms with Crippen LogP contribution in [0.1, 0.15) is 47.1 Å². The Morgan fingerprint density at radius 2 is 2.11 bits per heavy atom. The van der Waals surface area contributed by atoms with Crippen LogP contribution in [0.25, 0.3) is 11.4 Å². The molecule has 1 aliphatic rings. The van der Waals surface area contributed by atoms with Gasteiger partial charge in [-0.3, -0.25) is 14.6 Å². The molecule has 1 aliphatic carbocycles. The standard InChI is InChI=1S/C19H21ClN6O/c1-26-17(15(11-22-26)12-3-2-4-12)19(27)21-10-9-16-23-18(25-24-16)13-5-7-14(20)8-6-13/h5-8,11-12H,2-4,9-10H2,1H3,(H,21,27)(H,23,24,25). The van der Waals surface area contributed by atoms with Crippen LogP contribution in [0.5, 0.6) is 0 Å². The van der Waals surface area contributed by atoms with Crippen LogP contribution in [-0.2, 0) is 13.5 Å². The van der Waals surface area contributed by atoms with Crippen LogP contribution in [0.3, 0.4) is 0 Å². The Kier molecular flexibility index (Phi) is 4.94. The Labute approximate surface area is 162 Å². The fourth-order valence-corrected chi connectivity index (χ4v) is 3.39. The fourth-order valence-electron chi connectivity index (χ4n) is 3.26. The van der Waals surface area contributed by atoms with Gasteiger partial charge in [-0.25, -0.2) is 4.98 Å². The monoisotopic (exact) mass is 384 g/mol. The number of carbonyl (C=O) groups is 1. The lowest BCUT2D eigenvalue weighted by molar-refractivity contribution is 0.0942. The third-order valence-corrected chi connectivity index (χ3v) is 5.26. The predicted octanol–water partition coefficient (Wildman–Crippen LogP) is 3.10. The summed E-state index contributed by atoms with van der Waals surface area (Å²) in [4.78, 5) is 17.1. The highest BCUT2D eigenvalue weighted by Crippen LogP contribution is 2.37. The first kappa shape index (κ1) is 17.7. The van der Waals surface area contributed by atoms with Crippen LogP contribution in [0, 0.1) is 0 Å². The van der Waals surface area contributed by atoms with Crippen molar-refractivity contribution in [1.82, 2.24) is 30.3 Å². The van der Waals surface area contributed by atoms with Gasteiger partial charge in [0.05, 0.1) is 6.20 Å². The fraction of sp³-hybridized carbons (Fsp3) is 0.368. The lowest BCUT2D eigenvalue weighted by Crippen LogP contribution is -2.29. The molecule has 0 unspecified atom stereocenters. The van der Waals surface area contributed by atoms with Crippen molar-refractivity contribution in [3.05, 3.63) is 52.6 Å². The SMILES string of the molecule is Cn1ncc(C2CCC2)c1C(=O)NCCc1nc(-c2ccc(Cl)cc2)n[nH]1. The molecule has 27 heavy (non-hydrogen) atoms. The van der Waals surface area contributed by atoms with E-state index >= 15 is 0 Å². The Hall–Kier alpha value is -2.67. The largest absolute Gasteiger partial charge is 0.350 e. The number of halogens is 1. The summed E-state index contributed by atoms with van der Waals surface area (Å²) in [6.45, 7) is 0.476. The number of hydrogen-bond donors (Lipinski definition) is 2. The van der Waals surface area contributed by atoms with Gasteiger partial charge >= 0.3 is 0 Å². The second-order valence-electron chi connectivity index (χ2n) is 6.82. The molecule has 8 heteroatoms. The molecular weight excluding hydrogens is 364 g/mol. The van der Waals surface area contributed by atoms with Gasteiger partial charge in [0.25, 0.3) is 5.91 Å². The molecule has 1 amide bonds.